The zero-order chi connectivity index (χ0) is 10.0. The SMILES string of the molecule is Cc1nc(C(=O)C(N)CO)sc1N. The van der Waals surface area contributed by atoms with Gasteiger partial charge in [-0.3, -0.25) is 4.79 Å². The van der Waals surface area contributed by atoms with Gasteiger partial charge in [0, 0.05) is 0 Å². The van der Waals surface area contributed by atoms with Crippen LogP contribution in [-0.4, -0.2) is 28.5 Å². The highest BCUT2D eigenvalue weighted by Gasteiger charge is 2.19. The Hall–Kier alpha value is -0.980. The number of aliphatic hydroxyl groups excluding tert-OH is 1. The minimum atomic E-state index is -0.898. The second-order valence-corrected chi connectivity index (χ2v) is 3.65. The van der Waals surface area contributed by atoms with Crippen LogP contribution in [0.5, 0.6) is 0 Å². The summed E-state index contributed by atoms with van der Waals surface area (Å²) >= 11 is 1.09. The van der Waals surface area contributed by atoms with Gasteiger partial charge in [0.05, 0.1) is 18.3 Å². The molecule has 0 radical (unpaired) electrons. The van der Waals surface area contributed by atoms with Crippen molar-refractivity contribution in [1.82, 2.24) is 4.98 Å². The van der Waals surface area contributed by atoms with E-state index in [1.807, 2.05) is 0 Å². The number of carbonyl (C=O) groups is 1. The summed E-state index contributed by atoms with van der Waals surface area (Å²) in [7, 11) is 0. The summed E-state index contributed by atoms with van der Waals surface area (Å²) in [6.45, 7) is 1.34. The molecule has 1 rings (SSSR count). The van der Waals surface area contributed by atoms with Crippen LogP contribution in [0.25, 0.3) is 0 Å². The molecule has 0 spiro atoms. The average molecular weight is 201 g/mol. The molecule has 1 unspecified atom stereocenters. The van der Waals surface area contributed by atoms with Crippen LogP contribution in [0.1, 0.15) is 15.5 Å². The van der Waals surface area contributed by atoms with Crippen LogP contribution in [0.2, 0.25) is 0 Å². The molecule has 0 aliphatic carbocycles. The van der Waals surface area contributed by atoms with Crippen LogP contribution >= 0.6 is 11.3 Å². The van der Waals surface area contributed by atoms with Gasteiger partial charge >= 0.3 is 0 Å². The van der Waals surface area contributed by atoms with Gasteiger partial charge < -0.3 is 16.6 Å². The third-order valence-electron chi connectivity index (χ3n) is 1.58. The van der Waals surface area contributed by atoms with Gasteiger partial charge in [-0.05, 0) is 6.92 Å². The zero-order valence-electron chi connectivity index (χ0n) is 7.15. The van der Waals surface area contributed by atoms with E-state index < -0.39 is 6.04 Å². The van der Waals surface area contributed by atoms with E-state index in [0.717, 1.165) is 11.3 Å². The Kier molecular flexibility index (Phi) is 2.97. The fourth-order valence-electron chi connectivity index (χ4n) is 0.755. The van der Waals surface area contributed by atoms with Crippen molar-refractivity contribution < 1.29 is 9.90 Å². The maximum atomic E-state index is 11.3. The monoisotopic (exact) mass is 201 g/mol. The van der Waals surface area contributed by atoms with E-state index in [-0.39, 0.29) is 17.4 Å². The van der Waals surface area contributed by atoms with Crippen molar-refractivity contribution in [3.05, 3.63) is 10.7 Å². The van der Waals surface area contributed by atoms with Crippen LogP contribution in [0, 0.1) is 6.92 Å². The van der Waals surface area contributed by atoms with Gasteiger partial charge in [-0.25, -0.2) is 4.98 Å². The molecule has 0 saturated carbocycles. The number of aromatic nitrogens is 1. The van der Waals surface area contributed by atoms with Gasteiger partial charge in [-0.1, -0.05) is 11.3 Å². The second-order valence-electron chi connectivity index (χ2n) is 2.62. The number of ketones is 1. The van der Waals surface area contributed by atoms with Crippen LogP contribution < -0.4 is 11.5 Å². The summed E-state index contributed by atoms with van der Waals surface area (Å²) in [5, 5.41) is 9.41. The van der Waals surface area contributed by atoms with E-state index in [2.05, 4.69) is 4.98 Å². The highest BCUT2D eigenvalue weighted by molar-refractivity contribution is 7.17. The number of thiazole rings is 1. The first-order valence-electron chi connectivity index (χ1n) is 3.69. The molecule has 1 atom stereocenters. The van der Waals surface area contributed by atoms with E-state index >= 15 is 0 Å². The number of nitrogens with two attached hydrogens (primary N) is 2. The lowest BCUT2D eigenvalue weighted by Crippen LogP contribution is -2.33. The van der Waals surface area contributed by atoms with Crippen molar-refractivity contribution >= 4 is 22.1 Å². The quantitative estimate of drug-likeness (QED) is 0.574. The number of rotatable bonds is 3. The molecule has 0 aliphatic rings. The number of aryl methyl sites for hydroxylation is 1. The van der Waals surface area contributed by atoms with E-state index in [1.54, 1.807) is 6.92 Å². The minimum absolute atomic E-state index is 0.261. The Morgan fingerprint density at radius 2 is 2.38 bits per heavy atom. The van der Waals surface area contributed by atoms with E-state index in [4.69, 9.17) is 16.6 Å². The Morgan fingerprint density at radius 1 is 1.77 bits per heavy atom. The first-order valence-corrected chi connectivity index (χ1v) is 4.51. The predicted octanol–water partition coefficient (Wildman–Crippen LogP) is -0.464. The molecule has 0 bridgehead atoms. The molecule has 0 saturated heterocycles. The van der Waals surface area contributed by atoms with Crippen molar-refractivity contribution in [2.75, 3.05) is 12.3 Å². The van der Waals surface area contributed by atoms with Crippen LogP contribution in [-0.2, 0) is 0 Å². The lowest BCUT2D eigenvalue weighted by atomic mass is 10.2. The Labute approximate surface area is 79.4 Å². The highest BCUT2D eigenvalue weighted by Crippen LogP contribution is 2.20. The van der Waals surface area contributed by atoms with Crippen molar-refractivity contribution in [1.29, 1.82) is 0 Å². The Bertz CT molecular complexity index is 304. The van der Waals surface area contributed by atoms with Crippen LogP contribution in [0.4, 0.5) is 5.00 Å². The molecule has 0 aromatic carbocycles. The smallest absolute Gasteiger partial charge is 0.210 e. The number of anilines is 1. The van der Waals surface area contributed by atoms with E-state index in [9.17, 15) is 4.79 Å². The first kappa shape index (κ1) is 10.1. The van der Waals surface area contributed by atoms with Crippen molar-refractivity contribution in [3.8, 4) is 0 Å². The first-order chi connectivity index (χ1) is 6.06. The van der Waals surface area contributed by atoms with Crippen LogP contribution in [0.15, 0.2) is 0 Å². The molecule has 0 fully saturated rings. The Morgan fingerprint density at radius 3 is 2.77 bits per heavy atom. The number of aliphatic hydroxyl groups is 1. The van der Waals surface area contributed by atoms with E-state index in [1.165, 1.54) is 0 Å². The molecule has 1 aromatic rings. The van der Waals surface area contributed by atoms with Gasteiger partial charge in [0.1, 0.15) is 5.00 Å². The van der Waals surface area contributed by atoms with Gasteiger partial charge in [0.15, 0.2) is 5.01 Å². The minimum Gasteiger partial charge on any atom is -0.394 e. The summed E-state index contributed by atoms with van der Waals surface area (Å²) in [6, 6.07) is -0.898. The number of carbonyl (C=O) groups excluding carboxylic acids is 1. The normalized spacial score (nSPS) is 12.8. The van der Waals surface area contributed by atoms with Crippen molar-refractivity contribution in [2.24, 2.45) is 5.73 Å². The largest absolute Gasteiger partial charge is 0.394 e. The molecule has 1 aromatic heterocycles. The maximum absolute atomic E-state index is 11.3. The molecule has 5 nitrogen and oxygen atoms in total. The molecule has 13 heavy (non-hydrogen) atoms. The highest BCUT2D eigenvalue weighted by atomic mass is 32.1. The molecular weight excluding hydrogens is 190 g/mol. The topological polar surface area (TPSA) is 102 Å². The lowest BCUT2D eigenvalue weighted by Gasteiger charge is -2.02. The molecule has 0 amide bonds. The zero-order valence-corrected chi connectivity index (χ0v) is 7.97. The molecule has 0 aliphatic heterocycles. The summed E-state index contributed by atoms with van der Waals surface area (Å²) in [4.78, 5) is 15.3. The summed E-state index contributed by atoms with van der Waals surface area (Å²) in [6.07, 6.45) is 0. The number of nitrogens with zero attached hydrogens (tertiary/aromatic N) is 1. The summed E-state index contributed by atoms with van der Waals surface area (Å²) < 4.78 is 0. The van der Waals surface area contributed by atoms with Crippen LogP contribution in [0.3, 0.4) is 0 Å². The number of Topliss-reactive ketones (excluding diaryl/α,β-unsaturated/α-hetero) is 1. The molecule has 1 heterocycles. The standard InChI is InChI=1S/C7H11N3O2S/c1-3-6(9)13-7(10-3)5(12)4(8)2-11/h4,11H,2,8-9H2,1H3. The van der Waals surface area contributed by atoms with E-state index in [0.29, 0.717) is 10.7 Å². The fourth-order valence-corrected chi connectivity index (χ4v) is 1.59. The fraction of sp³-hybridized carbons (Fsp3) is 0.429. The molecule has 72 valence electrons. The molecule has 6 heteroatoms. The predicted molar refractivity (Wildman–Crippen MR) is 50.7 cm³/mol. The Balaban J connectivity index is 2.89. The number of hydrogen-bond donors (Lipinski definition) is 3. The van der Waals surface area contributed by atoms with Crippen molar-refractivity contribution in [2.45, 2.75) is 13.0 Å². The maximum Gasteiger partial charge on any atom is 0.210 e. The number of nitrogen functional groups attached to an aromatic ring is 1. The second kappa shape index (κ2) is 3.82. The average Bonchev–Trinajstić information content (AvgIpc) is 2.44. The van der Waals surface area contributed by atoms with Gasteiger partial charge in [-0.2, -0.15) is 0 Å². The third kappa shape index (κ3) is 2.03. The number of hydrogen-bond acceptors (Lipinski definition) is 6. The molecule has 5 N–H and O–H groups in total. The molecular formula is C7H11N3O2S. The van der Waals surface area contributed by atoms with Gasteiger partial charge in [-0.15, -0.1) is 0 Å². The summed E-state index contributed by atoms with van der Waals surface area (Å²) in [5.74, 6) is -0.368. The lowest BCUT2D eigenvalue weighted by molar-refractivity contribution is 0.0925. The third-order valence-corrected chi connectivity index (χ3v) is 2.58. The summed E-state index contributed by atoms with van der Waals surface area (Å²) in [5.41, 5.74) is 11.5. The van der Waals surface area contributed by atoms with Gasteiger partial charge in [0.2, 0.25) is 5.78 Å². The van der Waals surface area contributed by atoms with Gasteiger partial charge in [0.25, 0.3) is 0 Å². The van der Waals surface area contributed by atoms with Crippen molar-refractivity contribution in [3.63, 3.8) is 0 Å².